The Morgan fingerprint density at radius 1 is 0.857 bits per heavy atom. The Kier molecular flexibility index (Phi) is 6.41. The van der Waals surface area contributed by atoms with E-state index in [1.807, 2.05) is 55.5 Å². The molecule has 0 radical (unpaired) electrons. The van der Waals surface area contributed by atoms with Crippen LogP contribution >= 0.6 is 0 Å². The lowest BCUT2D eigenvalue weighted by atomic mass is 10.1. The van der Waals surface area contributed by atoms with Crippen molar-refractivity contribution in [2.24, 2.45) is 0 Å². The van der Waals surface area contributed by atoms with E-state index in [9.17, 15) is 9.59 Å². The summed E-state index contributed by atoms with van der Waals surface area (Å²) >= 11 is 0. The summed E-state index contributed by atoms with van der Waals surface area (Å²) in [5, 5.41) is 5.61. The molecule has 2 amide bonds. The molecule has 2 N–H and O–H groups in total. The monoisotopic (exact) mass is 374 g/mol. The largest absolute Gasteiger partial charge is 0.489 e. The van der Waals surface area contributed by atoms with Crippen LogP contribution in [0.3, 0.4) is 0 Å². The minimum Gasteiger partial charge on any atom is -0.489 e. The van der Waals surface area contributed by atoms with Crippen LogP contribution in [0.5, 0.6) is 5.75 Å². The van der Waals surface area contributed by atoms with E-state index in [1.165, 1.54) is 0 Å². The molecule has 0 heterocycles. The first-order valence-electron chi connectivity index (χ1n) is 9.12. The second kappa shape index (κ2) is 9.37. The van der Waals surface area contributed by atoms with Gasteiger partial charge in [0.1, 0.15) is 12.4 Å². The molecule has 0 aliphatic heterocycles. The summed E-state index contributed by atoms with van der Waals surface area (Å²) in [7, 11) is 0. The van der Waals surface area contributed by atoms with Gasteiger partial charge < -0.3 is 15.4 Å². The summed E-state index contributed by atoms with van der Waals surface area (Å²) < 4.78 is 5.78. The average molecular weight is 374 g/mol. The van der Waals surface area contributed by atoms with Gasteiger partial charge in [-0.05, 0) is 43.3 Å². The summed E-state index contributed by atoms with van der Waals surface area (Å²) in [5.74, 6) is 0.322. The highest BCUT2D eigenvalue weighted by atomic mass is 16.5. The van der Waals surface area contributed by atoms with Crippen LogP contribution in [0, 0.1) is 0 Å². The van der Waals surface area contributed by atoms with Gasteiger partial charge in [-0.3, -0.25) is 9.59 Å². The normalized spacial score (nSPS) is 10.2. The van der Waals surface area contributed by atoms with Crippen molar-refractivity contribution in [1.29, 1.82) is 0 Å². The van der Waals surface area contributed by atoms with Crippen LogP contribution in [0.4, 0.5) is 5.69 Å². The standard InChI is InChI=1S/C23H22N2O3/c1-2-24-22(26)17-10-8-11-19(15-17)25-23(27)21-14-7-6-9-18(21)16-28-20-12-4-3-5-13-20/h3-15H,2,16H2,1H3,(H,24,26)(H,25,27). The fourth-order valence-corrected chi connectivity index (χ4v) is 2.74. The van der Waals surface area contributed by atoms with E-state index in [-0.39, 0.29) is 18.4 Å². The Labute approximate surface area is 164 Å². The van der Waals surface area contributed by atoms with E-state index in [4.69, 9.17) is 4.74 Å². The molecule has 142 valence electrons. The van der Waals surface area contributed by atoms with Crippen molar-refractivity contribution >= 4 is 17.5 Å². The van der Waals surface area contributed by atoms with E-state index in [1.54, 1.807) is 30.3 Å². The highest BCUT2D eigenvalue weighted by Gasteiger charge is 2.13. The van der Waals surface area contributed by atoms with Crippen LogP contribution in [0.2, 0.25) is 0 Å². The molecule has 5 nitrogen and oxygen atoms in total. The van der Waals surface area contributed by atoms with Crippen molar-refractivity contribution in [2.75, 3.05) is 11.9 Å². The van der Waals surface area contributed by atoms with Gasteiger partial charge in [-0.1, -0.05) is 42.5 Å². The zero-order valence-corrected chi connectivity index (χ0v) is 15.6. The van der Waals surface area contributed by atoms with Crippen molar-refractivity contribution in [3.05, 3.63) is 95.6 Å². The van der Waals surface area contributed by atoms with Crippen LogP contribution in [-0.4, -0.2) is 18.4 Å². The van der Waals surface area contributed by atoms with Crippen molar-refractivity contribution in [3.8, 4) is 5.75 Å². The number of carbonyl (C=O) groups is 2. The second-order valence-corrected chi connectivity index (χ2v) is 6.15. The summed E-state index contributed by atoms with van der Waals surface area (Å²) in [4.78, 5) is 24.8. The molecular formula is C23H22N2O3. The van der Waals surface area contributed by atoms with Crippen LogP contribution in [0.15, 0.2) is 78.9 Å². The maximum absolute atomic E-state index is 12.8. The number of benzene rings is 3. The number of nitrogens with one attached hydrogen (secondary N) is 2. The molecule has 3 aromatic rings. The first-order valence-corrected chi connectivity index (χ1v) is 9.12. The van der Waals surface area contributed by atoms with Crippen molar-refractivity contribution < 1.29 is 14.3 Å². The quantitative estimate of drug-likeness (QED) is 0.649. The van der Waals surface area contributed by atoms with E-state index in [0.29, 0.717) is 23.4 Å². The van der Waals surface area contributed by atoms with Crippen LogP contribution in [0.25, 0.3) is 0 Å². The van der Waals surface area contributed by atoms with Gasteiger partial charge in [-0.25, -0.2) is 0 Å². The molecule has 3 rings (SSSR count). The zero-order valence-electron chi connectivity index (χ0n) is 15.6. The predicted octanol–water partition coefficient (Wildman–Crippen LogP) is 4.27. The van der Waals surface area contributed by atoms with Gasteiger partial charge in [0, 0.05) is 28.9 Å². The van der Waals surface area contributed by atoms with Crippen molar-refractivity contribution in [3.63, 3.8) is 0 Å². The Morgan fingerprint density at radius 3 is 2.39 bits per heavy atom. The first-order chi connectivity index (χ1) is 13.7. The summed E-state index contributed by atoms with van der Waals surface area (Å²) in [5.41, 5.74) is 2.37. The third-order valence-electron chi connectivity index (χ3n) is 4.12. The Bertz CT molecular complexity index is 955. The van der Waals surface area contributed by atoms with Crippen LogP contribution in [-0.2, 0) is 6.61 Å². The van der Waals surface area contributed by atoms with Gasteiger partial charge in [0.15, 0.2) is 0 Å². The molecule has 0 fully saturated rings. The van der Waals surface area contributed by atoms with Gasteiger partial charge in [0.05, 0.1) is 0 Å². The summed E-state index contributed by atoms with van der Waals surface area (Å²) in [6.07, 6.45) is 0. The number of carbonyl (C=O) groups excluding carboxylic acids is 2. The van der Waals surface area contributed by atoms with Gasteiger partial charge in [-0.2, -0.15) is 0 Å². The number of hydrogen-bond donors (Lipinski definition) is 2. The lowest BCUT2D eigenvalue weighted by Gasteiger charge is -2.12. The molecule has 3 aromatic carbocycles. The number of rotatable bonds is 7. The summed E-state index contributed by atoms with van der Waals surface area (Å²) in [6, 6.07) is 23.6. The number of ether oxygens (including phenoxy) is 1. The Morgan fingerprint density at radius 2 is 1.61 bits per heavy atom. The fourth-order valence-electron chi connectivity index (χ4n) is 2.74. The maximum Gasteiger partial charge on any atom is 0.256 e. The lowest BCUT2D eigenvalue weighted by molar-refractivity contribution is 0.0954. The number of para-hydroxylation sites is 1. The van der Waals surface area contributed by atoms with E-state index in [2.05, 4.69) is 10.6 Å². The van der Waals surface area contributed by atoms with Crippen LogP contribution in [0.1, 0.15) is 33.2 Å². The minimum atomic E-state index is -0.250. The molecule has 0 atom stereocenters. The lowest BCUT2D eigenvalue weighted by Crippen LogP contribution is -2.23. The van der Waals surface area contributed by atoms with Gasteiger partial charge >= 0.3 is 0 Å². The molecule has 0 unspecified atom stereocenters. The molecule has 0 aliphatic carbocycles. The van der Waals surface area contributed by atoms with E-state index >= 15 is 0 Å². The molecule has 0 saturated carbocycles. The Hall–Kier alpha value is -3.60. The van der Waals surface area contributed by atoms with Crippen LogP contribution < -0.4 is 15.4 Å². The third-order valence-corrected chi connectivity index (χ3v) is 4.12. The molecule has 5 heteroatoms. The molecule has 0 bridgehead atoms. The second-order valence-electron chi connectivity index (χ2n) is 6.15. The highest BCUT2D eigenvalue weighted by Crippen LogP contribution is 2.17. The van der Waals surface area contributed by atoms with Gasteiger partial charge in [-0.15, -0.1) is 0 Å². The minimum absolute atomic E-state index is 0.171. The van der Waals surface area contributed by atoms with Gasteiger partial charge in [0.2, 0.25) is 0 Å². The highest BCUT2D eigenvalue weighted by molar-refractivity contribution is 6.06. The predicted molar refractivity (Wildman–Crippen MR) is 110 cm³/mol. The zero-order chi connectivity index (χ0) is 19.8. The number of anilines is 1. The topological polar surface area (TPSA) is 67.4 Å². The number of hydrogen-bond acceptors (Lipinski definition) is 3. The Balaban J connectivity index is 1.73. The average Bonchev–Trinajstić information content (AvgIpc) is 2.73. The molecular weight excluding hydrogens is 352 g/mol. The summed E-state index contributed by atoms with van der Waals surface area (Å²) in [6.45, 7) is 2.69. The molecule has 0 aliphatic rings. The molecule has 28 heavy (non-hydrogen) atoms. The maximum atomic E-state index is 12.8. The fraction of sp³-hybridized carbons (Fsp3) is 0.130. The molecule has 0 spiro atoms. The van der Waals surface area contributed by atoms with Gasteiger partial charge in [0.25, 0.3) is 11.8 Å². The van der Waals surface area contributed by atoms with Crippen molar-refractivity contribution in [1.82, 2.24) is 5.32 Å². The van der Waals surface area contributed by atoms with Crippen molar-refractivity contribution in [2.45, 2.75) is 13.5 Å². The number of amides is 2. The third kappa shape index (κ3) is 4.98. The first kappa shape index (κ1) is 19.2. The van der Waals surface area contributed by atoms with E-state index < -0.39 is 0 Å². The smallest absolute Gasteiger partial charge is 0.256 e. The molecule has 0 aromatic heterocycles. The SMILES string of the molecule is CCNC(=O)c1cccc(NC(=O)c2ccccc2COc2ccccc2)c1. The van der Waals surface area contributed by atoms with E-state index in [0.717, 1.165) is 11.3 Å². The molecule has 0 saturated heterocycles.